The lowest BCUT2D eigenvalue weighted by Crippen LogP contribution is -2.30. The second-order valence-corrected chi connectivity index (χ2v) is 7.11. The maximum absolute atomic E-state index is 6.16. The van der Waals surface area contributed by atoms with Crippen molar-refractivity contribution in [2.75, 3.05) is 11.8 Å². The molecule has 0 fully saturated rings. The fourth-order valence-corrected chi connectivity index (χ4v) is 3.91. The van der Waals surface area contributed by atoms with E-state index in [1.807, 2.05) is 0 Å². The molecule has 0 saturated carbocycles. The number of hydrogen-bond donors (Lipinski definition) is 0. The van der Waals surface area contributed by atoms with E-state index >= 15 is 0 Å². The Labute approximate surface area is 119 Å². The van der Waals surface area contributed by atoms with Crippen LogP contribution in [-0.4, -0.2) is 16.7 Å². The third-order valence-corrected chi connectivity index (χ3v) is 5.21. The number of aryl methyl sites for hydroxylation is 2. The summed E-state index contributed by atoms with van der Waals surface area (Å²) in [7, 11) is 0. The molecule has 0 atom stereocenters. The predicted octanol–water partition coefficient (Wildman–Crippen LogP) is 4.81. The third-order valence-electron chi connectivity index (χ3n) is 3.01. The monoisotopic (exact) mass is 293 g/mol. The molecule has 4 heteroatoms. The molecule has 0 saturated heterocycles. The fraction of sp³-hybridized carbons (Fsp3) is 0.769. The number of hydrogen-bond acceptors (Lipinski definition) is 2. The first-order valence-electron chi connectivity index (χ1n) is 5.97. The number of halogens is 2. The Morgan fingerprint density at radius 2 is 1.82 bits per heavy atom. The highest BCUT2D eigenvalue weighted by molar-refractivity contribution is 7.11. The van der Waals surface area contributed by atoms with Crippen LogP contribution in [0, 0.1) is 25.2 Å². The van der Waals surface area contributed by atoms with Crippen LogP contribution in [0.25, 0.3) is 0 Å². The molecule has 0 bridgehead atoms. The molecule has 1 aromatic heterocycles. The molecule has 98 valence electrons. The zero-order valence-corrected chi connectivity index (χ0v) is 13.3. The lowest BCUT2D eigenvalue weighted by atomic mass is 9.81. The van der Waals surface area contributed by atoms with Gasteiger partial charge in [-0.25, -0.2) is 4.98 Å². The Morgan fingerprint density at radius 3 is 2.18 bits per heavy atom. The minimum atomic E-state index is -0.00594. The van der Waals surface area contributed by atoms with Crippen LogP contribution >= 0.6 is 34.5 Å². The summed E-state index contributed by atoms with van der Waals surface area (Å²) >= 11 is 14.1. The largest absolute Gasteiger partial charge is 0.246 e. The van der Waals surface area contributed by atoms with Gasteiger partial charge < -0.3 is 0 Å². The van der Waals surface area contributed by atoms with Gasteiger partial charge in [0.15, 0.2) is 0 Å². The van der Waals surface area contributed by atoms with Crippen molar-refractivity contribution in [3.8, 4) is 0 Å². The van der Waals surface area contributed by atoms with Gasteiger partial charge in [-0.3, -0.25) is 0 Å². The van der Waals surface area contributed by atoms with E-state index in [1.54, 1.807) is 11.3 Å². The molecule has 0 radical (unpaired) electrons. The van der Waals surface area contributed by atoms with Gasteiger partial charge in [0.1, 0.15) is 0 Å². The highest BCUT2D eigenvalue weighted by Crippen LogP contribution is 2.35. The van der Waals surface area contributed by atoms with Crippen molar-refractivity contribution in [1.29, 1.82) is 0 Å². The summed E-state index contributed by atoms with van der Waals surface area (Å²) in [5.74, 6) is 1.81. The van der Waals surface area contributed by atoms with E-state index in [0.717, 1.165) is 18.5 Å². The number of thiazole rings is 1. The molecule has 0 amide bonds. The smallest absolute Gasteiger partial charge is 0.0937 e. The van der Waals surface area contributed by atoms with Crippen LogP contribution in [0.3, 0.4) is 0 Å². The lowest BCUT2D eigenvalue weighted by molar-refractivity contribution is 0.295. The second kappa shape index (κ2) is 6.40. The van der Waals surface area contributed by atoms with Crippen molar-refractivity contribution >= 4 is 34.5 Å². The minimum absolute atomic E-state index is 0.00594. The summed E-state index contributed by atoms with van der Waals surface area (Å²) in [6.45, 7) is 8.60. The first kappa shape index (κ1) is 15.3. The molecule has 17 heavy (non-hydrogen) atoms. The van der Waals surface area contributed by atoms with Crippen molar-refractivity contribution in [2.24, 2.45) is 11.3 Å². The summed E-state index contributed by atoms with van der Waals surface area (Å²) in [4.78, 5) is 5.89. The van der Waals surface area contributed by atoms with Crippen molar-refractivity contribution in [2.45, 2.75) is 40.5 Å². The lowest BCUT2D eigenvalue weighted by Gasteiger charge is -2.30. The molecule has 1 aromatic rings. The molecule has 0 aliphatic rings. The molecule has 0 N–H and O–H groups in total. The summed E-state index contributed by atoms with van der Waals surface area (Å²) in [6.07, 6.45) is 1.95. The summed E-state index contributed by atoms with van der Waals surface area (Å²) in [6, 6.07) is 0. The highest BCUT2D eigenvalue weighted by atomic mass is 35.5. The first-order chi connectivity index (χ1) is 7.92. The Hall–Kier alpha value is 0.210. The summed E-state index contributed by atoms with van der Waals surface area (Å²) in [5, 5.41) is 1.17. The molecule has 1 heterocycles. The van der Waals surface area contributed by atoms with E-state index < -0.39 is 0 Å². The summed E-state index contributed by atoms with van der Waals surface area (Å²) < 4.78 is 0. The van der Waals surface area contributed by atoms with Crippen LogP contribution in [0.5, 0.6) is 0 Å². The highest BCUT2D eigenvalue weighted by Gasteiger charge is 2.31. The van der Waals surface area contributed by atoms with E-state index in [0.29, 0.717) is 17.7 Å². The number of rotatable bonds is 6. The quantitative estimate of drug-likeness (QED) is 0.686. The molecule has 0 aliphatic carbocycles. The van der Waals surface area contributed by atoms with Gasteiger partial charge in [0.05, 0.1) is 10.7 Å². The van der Waals surface area contributed by atoms with E-state index in [9.17, 15) is 0 Å². The molecule has 1 nitrogen and oxygen atoms in total. The SMILES string of the molecule is Cc1nc(CC(CCl)(CCl)CC(C)C)sc1C. The van der Waals surface area contributed by atoms with Gasteiger partial charge in [0.25, 0.3) is 0 Å². The molecule has 0 aliphatic heterocycles. The van der Waals surface area contributed by atoms with Gasteiger partial charge in [-0.2, -0.15) is 0 Å². The molecular weight excluding hydrogens is 273 g/mol. The van der Waals surface area contributed by atoms with E-state index in [2.05, 4.69) is 32.7 Å². The van der Waals surface area contributed by atoms with Crippen LogP contribution in [0.4, 0.5) is 0 Å². The normalized spacial score (nSPS) is 12.4. The second-order valence-electron chi connectivity index (χ2n) is 5.29. The Bertz CT molecular complexity index is 337. The molecule has 0 unspecified atom stereocenters. The van der Waals surface area contributed by atoms with Gasteiger partial charge in [0, 0.05) is 28.5 Å². The summed E-state index contributed by atoms with van der Waals surface area (Å²) in [5.41, 5.74) is 1.13. The number of nitrogens with zero attached hydrogens (tertiary/aromatic N) is 1. The average molecular weight is 294 g/mol. The molecule has 1 rings (SSSR count). The molecular formula is C13H21Cl2NS. The van der Waals surface area contributed by atoms with Crippen molar-refractivity contribution < 1.29 is 0 Å². The molecule has 0 spiro atoms. The zero-order valence-electron chi connectivity index (χ0n) is 11.0. The number of alkyl halides is 2. The van der Waals surface area contributed by atoms with Gasteiger partial charge in [0.2, 0.25) is 0 Å². The average Bonchev–Trinajstić information content (AvgIpc) is 2.56. The third kappa shape index (κ3) is 4.11. The zero-order chi connectivity index (χ0) is 13.1. The van der Waals surface area contributed by atoms with Crippen LogP contribution in [0.15, 0.2) is 0 Å². The van der Waals surface area contributed by atoms with Crippen molar-refractivity contribution in [3.05, 3.63) is 15.6 Å². The Morgan fingerprint density at radius 1 is 1.24 bits per heavy atom. The van der Waals surface area contributed by atoms with Crippen LogP contribution in [0.1, 0.15) is 35.8 Å². The predicted molar refractivity (Wildman–Crippen MR) is 78.6 cm³/mol. The minimum Gasteiger partial charge on any atom is -0.246 e. The Balaban J connectivity index is 2.85. The molecule has 0 aromatic carbocycles. The van der Waals surface area contributed by atoms with Gasteiger partial charge in [-0.05, 0) is 26.2 Å². The van der Waals surface area contributed by atoms with Crippen LogP contribution < -0.4 is 0 Å². The van der Waals surface area contributed by atoms with Gasteiger partial charge >= 0.3 is 0 Å². The van der Waals surface area contributed by atoms with E-state index in [4.69, 9.17) is 23.2 Å². The van der Waals surface area contributed by atoms with Gasteiger partial charge in [-0.1, -0.05) is 13.8 Å². The number of aromatic nitrogens is 1. The van der Waals surface area contributed by atoms with Gasteiger partial charge in [-0.15, -0.1) is 34.5 Å². The first-order valence-corrected chi connectivity index (χ1v) is 7.86. The van der Waals surface area contributed by atoms with Crippen molar-refractivity contribution in [1.82, 2.24) is 4.98 Å². The van der Waals surface area contributed by atoms with Crippen molar-refractivity contribution in [3.63, 3.8) is 0 Å². The van der Waals surface area contributed by atoms with Crippen LogP contribution in [-0.2, 0) is 6.42 Å². The maximum Gasteiger partial charge on any atom is 0.0937 e. The van der Waals surface area contributed by atoms with E-state index in [-0.39, 0.29) is 5.41 Å². The Kier molecular flexibility index (Phi) is 5.75. The fourth-order valence-electron chi connectivity index (χ4n) is 2.11. The topological polar surface area (TPSA) is 12.9 Å². The van der Waals surface area contributed by atoms with E-state index in [1.165, 1.54) is 9.88 Å². The van der Waals surface area contributed by atoms with Crippen LogP contribution in [0.2, 0.25) is 0 Å². The standard InChI is InChI=1S/C13H21Cl2NS/c1-9(2)5-13(7-14,8-15)6-12-16-10(3)11(4)17-12/h9H,5-8H2,1-4H3. The maximum atomic E-state index is 6.16.